The van der Waals surface area contributed by atoms with E-state index < -0.39 is 0 Å². The lowest BCUT2D eigenvalue weighted by atomic mass is 10.00. The third kappa shape index (κ3) is 0.508. The Labute approximate surface area is 38.0 Å². The van der Waals surface area contributed by atoms with Gasteiger partial charge in [0, 0.05) is 5.71 Å². The zero-order valence-corrected chi connectivity index (χ0v) is 3.81. The molecule has 0 spiro atoms. The van der Waals surface area contributed by atoms with Crippen LogP contribution in [-0.2, 0) is 0 Å². The Kier molecular flexibility index (Phi) is 0.786. The standard InChI is InChI=1S/C4H6BN/c1-4-2-3-5-6-4/h2-3,5H,1H3. The summed E-state index contributed by atoms with van der Waals surface area (Å²) in [4.78, 5) is 4.04. The summed E-state index contributed by atoms with van der Waals surface area (Å²) in [5.41, 5.74) is 1.15. The first kappa shape index (κ1) is 3.66. The van der Waals surface area contributed by atoms with Crippen LogP contribution in [0.25, 0.3) is 0 Å². The fourth-order valence-electron chi connectivity index (χ4n) is 0.473. The molecule has 1 rings (SSSR count). The monoisotopic (exact) mass is 79.1 g/mol. The first-order valence-electron chi connectivity index (χ1n) is 2.07. The second-order valence-electron chi connectivity index (χ2n) is 1.38. The normalized spacial score (nSPS) is 17.2. The molecule has 0 aromatic heterocycles. The van der Waals surface area contributed by atoms with Crippen molar-refractivity contribution in [2.75, 3.05) is 0 Å². The quantitative estimate of drug-likeness (QED) is 0.371. The van der Waals surface area contributed by atoms with Gasteiger partial charge in [0.05, 0.1) is 0 Å². The first-order valence-corrected chi connectivity index (χ1v) is 2.07. The van der Waals surface area contributed by atoms with Gasteiger partial charge in [-0.1, -0.05) is 12.1 Å². The van der Waals surface area contributed by atoms with Crippen molar-refractivity contribution in [3.63, 3.8) is 0 Å². The molecule has 2 heteroatoms. The molecular weight excluding hydrogens is 72.9 g/mol. The van der Waals surface area contributed by atoms with E-state index in [0.29, 0.717) is 0 Å². The summed E-state index contributed by atoms with van der Waals surface area (Å²) in [6, 6.07) is 0. The third-order valence-corrected chi connectivity index (χ3v) is 0.805. The van der Waals surface area contributed by atoms with Crippen LogP contribution in [0.15, 0.2) is 17.0 Å². The van der Waals surface area contributed by atoms with Gasteiger partial charge in [-0.25, -0.2) is 0 Å². The van der Waals surface area contributed by atoms with Crippen LogP contribution < -0.4 is 0 Å². The van der Waals surface area contributed by atoms with Crippen molar-refractivity contribution in [2.24, 2.45) is 4.90 Å². The zero-order valence-electron chi connectivity index (χ0n) is 3.81. The number of nitrogens with zero attached hydrogens (tertiary/aromatic N) is 1. The molecule has 0 radical (unpaired) electrons. The Balaban J connectivity index is 2.68. The van der Waals surface area contributed by atoms with E-state index in [1.807, 2.05) is 13.0 Å². The van der Waals surface area contributed by atoms with Gasteiger partial charge in [-0.05, 0) is 6.92 Å². The molecule has 0 bridgehead atoms. The third-order valence-electron chi connectivity index (χ3n) is 0.805. The second kappa shape index (κ2) is 1.29. The minimum absolute atomic E-state index is 0.895. The molecule has 1 heterocycles. The summed E-state index contributed by atoms with van der Waals surface area (Å²) in [6.07, 6.45) is 2.03. The predicted molar refractivity (Wildman–Crippen MR) is 29.4 cm³/mol. The van der Waals surface area contributed by atoms with Crippen LogP contribution in [0.2, 0.25) is 0 Å². The van der Waals surface area contributed by atoms with Crippen molar-refractivity contribution in [1.29, 1.82) is 0 Å². The average molecular weight is 78.9 g/mol. The van der Waals surface area contributed by atoms with Crippen LogP contribution in [0.5, 0.6) is 0 Å². The molecule has 0 aliphatic carbocycles. The van der Waals surface area contributed by atoms with E-state index in [1.165, 1.54) is 0 Å². The largest absolute Gasteiger partial charge is 0.345 e. The number of rotatable bonds is 0. The highest BCUT2D eigenvalue weighted by atomic mass is 14.6. The Morgan fingerprint density at radius 3 is 2.83 bits per heavy atom. The van der Waals surface area contributed by atoms with Gasteiger partial charge in [0.25, 0.3) is 7.41 Å². The maximum atomic E-state index is 4.04. The van der Waals surface area contributed by atoms with Crippen LogP contribution in [0.1, 0.15) is 6.92 Å². The molecule has 1 aliphatic rings. The summed E-state index contributed by atoms with van der Waals surface area (Å²) in [7, 11) is 0.895. The molecule has 0 atom stereocenters. The van der Waals surface area contributed by atoms with Crippen molar-refractivity contribution in [1.82, 2.24) is 0 Å². The van der Waals surface area contributed by atoms with Crippen molar-refractivity contribution < 1.29 is 0 Å². The van der Waals surface area contributed by atoms with Crippen molar-refractivity contribution in [3.05, 3.63) is 12.1 Å². The lowest BCUT2D eigenvalue weighted by molar-refractivity contribution is 1.78. The Morgan fingerprint density at radius 1 is 1.83 bits per heavy atom. The van der Waals surface area contributed by atoms with Gasteiger partial charge in [0.1, 0.15) is 0 Å². The summed E-state index contributed by atoms with van der Waals surface area (Å²) >= 11 is 0. The summed E-state index contributed by atoms with van der Waals surface area (Å²) < 4.78 is 0. The van der Waals surface area contributed by atoms with Crippen LogP contribution in [0.3, 0.4) is 0 Å². The number of hydrogen-bond acceptors (Lipinski definition) is 1. The molecule has 0 amide bonds. The number of allylic oxidation sites excluding steroid dienone is 1. The minimum Gasteiger partial charge on any atom is -0.345 e. The molecule has 0 aromatic rings. The highest BCUT2D eigenvalue weighted by Crippen LogP contribution is 1.86. The molecule has 30 valence electrons. The van der Waals surface area contributed by atoms with Gasteiger partial charge in [0.15, 0.2) is 0 Å². The molecule has 6 heavy (non-hydrogen) atoms. The van der Waals surface area contributed by atoms with E-state index in [4.69, 9.17) is 0 Å². The van der Waals surface area contributed by atoms with Crippen LogP contribution in [0, 0.1) is 0 Å². The van der Waals surface area contributed by atoms with Crippen LogP contribution in [-0.4, -0.2) is 13.1 Å². The van der Waals surface area contributed by atoms with Gasteiger partial charge < -0.3 is 4.90 Å². The van der Waals surface area contributed by atoms with E-state index >= 15 is 0 Å². The van der Waals surface area contributed by atoms with E-state index in [1.54, 1.807) is 0 Å². The Morgan fingerprint density at radius 2 is 2.67 bits per heavy atom. The topological polar surface area (TPSA) is 12.4 Å². The highest BCUT2D eigenvalue weighted by molar-refractivity contribution is 6.46. The lowest BCUT2D eigenvalue weighted by Gasteiger charge is -1.73. The average Bonchev–Trinajstić information content (AvgIpc) is 1.86. The SMILES string of the molecule is CC1=NBC=C1. The lowest BCUT2D eigenvalue weighted by Crippen LogP contribution is -1.75. The van der Waals surface area contributed by atoms with Crippen molar-refractivity contribution >= 4 is 13.1 Å². The summed E-state index contributed by atoms with van der Waals surface area (Å²) in [6.45, 7) is 2.00. The maximum absolute atomic E-state index is 4.04. The molecule has 1 nitrogen and oxygen atoms in total. The molecule has 1 aliphatic heterocycles. The van der Waals surface area contributed by atoms with E-state index in [0.717, 1.165) is 13.1 Å². The minimum atomic E-state index is 0.895. The Bertz CT molecular complexity index is 101. The van der Waals surface area contributed by atoms with Gasteiger partial charge in [0.2, 0.25) is 0 Å². The summed E-state index contributed by atoms with van der Waals surface area (Å²) in [5.74, 6) is 2.05. The molecule has 0 aromatic carbocycles. The van der Waals surface area contributed by atoms with Crippen LogP contribution >= 0.6 is 0 Å². The van der Waals surface area contributed by atoms with E-state index in [2.05, 4.69) is 10.9 Å². The molecule has 0 N–H and O–H groups in total. The van der Waals surface area contributed by atoms with Gasteiger partial charge in [-0.3, -0.25) is 0 Å². The molecule has 0 saturated heterocycles. The van der Waals surface area contributed by atoms with Gasteiger partial charge in [-0.2, -0.15) is 0 Å². The Hall–Kier alpha value is -0.525. The molecular formula is C4H6BN. The molecule has 0 saturated carbocycles. The summed E-state index contributed by atoms with van der Waals surface area (Å²) in [5, 5.41) is 0. The van der Waals surface area contributed by atoms with Gasteiger partial charge in [-0.15, -0.1) is 0 Å². The van der Waals surface area contributed by atoms with Crippen LogP contribution in [0.4, 0.5) is 0 Å². The maximum Gasteiger partial charge on any atom is 0.287 e. The smallest absolute Gasteiger partial charge is 0.287 e. The van der Waals surface area contributed by atoms with E-state index in [9.17, 15) is 0 Å². The first-order chi connectivity index (χ1) is 2.89. The fraction of sp³-hybridized carbons (Fsp3) is 0.250. The fourth-order valence-corrected chi connectivity index (χ4v) is 0.473. The van der Waals surface area contributed by atoms with Crippen molar-refractivity contribution in [2.45, 2.75) is 6.92 Å². The molecule has 0 fully saturated rings. The van der Waals surface area contributed by atoms with E-state index in [-0.39, 0.29) is 0 Å². The van der Waals surface area contributed by atoms with Crippen molar-refractivity contribution in [3.8, 4) is 0 Å². The predicted octanol–water partition coefficient (Wildman–Crippen LogP) is 0.326. The van der Waals surface area contributed by atoms with Gasteiger partial charge >= 0.3 is 0 Å². The zero-order chi connectivity index (χ0) is 4.41. The molecule has 0 unspecified atom stereocenters. The highest BCUT2D eigenvalue weighted by Gasteiger charge is 1.88. The number of hydrogen-bond donors (Lipinski definition) is 0. The second-order valence-corrected chi connectivity index (χ2v) is 1.38.